The van der Waals surface area contributed by atoms with Gasteiger partial charge < -0.3 is 20.1 Å². The van der Waals surface area contributed by atoms with Gasteiger partial charge in [0, 0.05) is 37.9 Å². The Hall–Kier alpha value is -3.20. The van der Waals surface area contributed by atoms with Crippen molar-refractivity contribution in [3.8, 4) is 11.5 Å². The number of aromatic nitrogens is 4. The Bertz CT molecular complexity index is 1030. The average Bonchev–Trinajstić information content (AvgIpc) is 3.38. The molecule has 0 unspecified atom stereocenters. The monoisotopic (exact) mass is 396 g/mol. The second-order valence-corrected chi connectivity index (χ2v) is 6.93. The van der Waals surface area contributed by atoms with Gasteiger partial charge in [0.2, 0.25) is 0 Å². The highest BCUT2D eigenvalue weighted by molar-refractivity contribution is 5.97. The van der Waals surface area contributed by atoms with Gasteiger partial charge in [-0.2, -0.15) is 5.10 Å². The van der Waals surface area contributed by atoms with Gasteiger partial charge in [-0.15, -0.1) is 0 Å². The molecule has 0 spiro atoms. The van der Waals surface area contributed by atoms with E-state index in [4.69, 9.17) is 20.3 Å². The molecule has 3 heterocycles. The summed E-state index contributed by atoms with van der Waals surface area (Å²) in [6.07, 6.45) is 4.13. The van der Waals surface area contributed by atoms with Gasteiger partial charge in [0.05, 0.1) is 32.0 Å². The van der Waals surface area contributed by atoms with Gasteiger partial charge >= 0.3 is 0 Å². The lowest BCUT2D eigenvalue weighted by molar-refractivity contribution is 0.0787. The molecular formula is C20H24N6O3. The Morgan fingerprint density at radius 3 is 2.83 bits per heavy atom. The minimum Gasteiger partial charge on any atom is -0.497 e. The summed E-state index contributed by atoms with van der Waals surface area (Å²) < 4.78 is 12.4. The smallest absolute Gasteiger partial charge is 0.257 e. The molecule has 9 nitrogen and oxygen atoms in total. The second-order valence-electron chi connectivity index (χ2n) is 6.93. The van der Waals surface area contributed by atoms with E-state index in [-0.39, 0.29) is 11.8 Å². The van der Waals surface area contributed by atoms with Gasteiger partial charge in [0.1, 0.15) is 17.0 Å². The summed E-state index contributed by atoms with van der Waals surface area (Å²) in [4.78, 5) is 23.9. The molecule has 1 aromatic carbocycles. The SMILES string of the molecule is COc1ccc(OC)c(C(=O)N2CC[C@H](c3nn(CCN)c4nccnc34)C2)c1. The van der Waals surface area contributed by atoms with Crippen LogP contribution in [-0.4, -0.2) is 64.4 Å². The fourth-order valence-electron chi connectivity index (χ4n) is 3.80. The Morgan fingerprint density at radius 2 is 2.07 bits per heavy atom. The molecule has 1 saturated heterocycles. The van der Waals surface area contributed by atoms with Gasteiger partial charge in [0.15, 0.2) is 5.65 Å². The minimum absolute atomic E-state index is 0.0833. The summed E-state index contributed by atoms with van der Waals surface area (Å²) in [5.74, 6) is 1.16. The number of hydrogen-bond acceptors (Lipinski definition) is 7. The van der Waals surface area contributed by atoms with Crippen LogP contribution in [0.5, 0.6) is 11.5 Å². The van der Waals surface area contributed by atoms with Gasteiger partial charge in [-0.1, -0.05) is 0 Å². The summed E-state index contributed by atoms with van der Waals surface area (Å²) in [6, 6.07) is 5.24. The number of rotatable bonds is 6. The van der Waals surface area contributed by atoms with E-state index in [1.165, 1.54) is 0 Å². The molecule has 4 rings (SSSR count). The minimum atomic E-state index is -0.0833. The van der Waals surface area contributed by atoms with Crippen molar-refractivity contribution in [3.63, 3.8) is 0 Å². The molecule has 1 aliphatic heterocycles. The zero-order valence-corrected chi connectivity index (χ0v) is 16.5. The van der Waals surface area contributed by atoms with E-state index >= 15 is 0 Å². The Labute approximate surface area is 168 Å². The van der Waals surface area contributed by atoms with E-state index in [1.54, 1.807) is 49.5 Å². The number of methoxy groups -OCH3 is 2. The number of ether oxygens (including phenoxy) is 2. The number of fused-ring (bicyclic) bond motifs is 1. The standard InChI is InChI=1S/C20H24N6O3/c1-28-14-3-4-16(29-2)15(11-14)20(27)25-9-5-13(12-25)17-18-19(23-8-7-22-18)26(24-17)10-6-21/h3-4,7-8,11,13H,5-6,9-10,12,21H2,1-2H3/t13-/m0/s1. The van der Waals surface area contributed by atoms with Crippen LogP contribution in [0, 0.1) is 0 Å². The summed E-state index contributed by atoms with van der Waals surface area (Å²) in [6.45, 7) is 2.24. The zero-order chi connectivity index (χ0) is 20.4. The highest BCUT2D eigenvalue weighted by Crippen LogP contribution is 2.33. The normalized spacial score (nSPS) is 16.4. The van der Waals surface area contributed by atoms with Crippen LogP contribution in [0.2, 0.25) is 0 Å². The number of hydrogen-bond donors (Lipinski definition) is 1. The fourth-order valence-corrected chi connectivity index (χ4v) is 3.80. The predicted molar refractivity (Wildman–Crippen MR) is 107 cm³/mol. The molecule has 1 amide bonds. The Morgan fingerprint density at radius 1 is 1.24 bits per heavy atom. The number of amides is 1. The second kappa shape index (κ2) is 8.04. The Kier molecular flexibility index (Phi) is 5.30. The molecule has 9 heteroatoms. The molecule has 1 atom stereocenters. The van der Waals surface area contributed by atoms with Gasteiger partial charge in [-0.3, -0.25) is 4.79 Å². The first-order valence-electron chi connectivity index (χ1n) is 9.55. The summed E-state index contributed by atoms with van der Waals surface area (Å²) >= 11 is 0. The molecule has 29 heavy (non-hydrogen) atoms. The van der Waals surface area contributed by atoms with E-state index in [9.17, 15) is 4.79 Å². The van der Waals surface area contributed by atoms with Crippen molar-refractivity contribution in [3.05, 3.63) is 41.9 Å². The highest BCUT2D eigenvalue weighted by Gasteiger charge is 2.33. The van der Waals surface area contributed by atoms with Crippen molar-refractivity contribution in [1.29, 1.82) is 0 Å². The third kappa shape index (κ3) is 3.49. The lowest BCUT2D eigenvalue weighted by Gasteiger charge is -2.18. The van der Waals surface area contributed by atoms with Crippen molar-refractivity contribution in [2.75, 3.05) is 33.9 Å². The summed E-state index contributed by atoms with van der Waals surface area (Å²) in [5.41, 5.74) is 8.57. The lowest BCUT2D eigenvalue weighted by atomic mass is 10.0. The first kappa shape index (κ1) is 19.1. The first-order chi connectivity index (χ1) is 14.2. The maximum atomic E-state index is 13.2. The lowest BCUT2D eigenvalue weighted by Crippen LogP contribution is -2.29. The Balaban J connectivity index is 1.60. The molecule has 2 N–H and O–H groups in total. The maximum Gasteiger partial charge on any atom is 0.257 e. The maximum absolute atomic E-state index is 13.2. The van der Waals surface area contributed by atoms with Crippen LogP contribution in [0.3, 0.4) is 0 Å². The average molecular weight is 396 g/mol. The van der Waals surface area contributed by atoms with E-state index in [0.717, 1.165) is 23.3 Å². The fraction of sp³-hybridized carbons (Fsp3) is 0.400. The van der Waals surface area contributed by atoms with Crippen molar-refractivity contribution >= 4 is 17.1 Å². The summed E-state index contributed by atoms with van der Waals surface area (Å²) in [5, 5.41) is 4.72. The van der Waals surface area contributed by atoms with Crippen molar-refractivity contribution in [2.24, 2.45) is 5.73 Å². The molecule has 3 aromatic rings. The quantitative estimate of drug-likeness (QED) is 0.671. The molecular weight excluding hydrogens is 372 g/mol. The number of benzene rings is 1. The molecule has 152 valence electrons. The highest BCUT2D eigenvalue weighted by atomic mass is 16.5. The van der Waals surface area contributed by atoms with Crippen molar-refractivity contribution in [2.45, 2.75) is 18.9 Å². The number of likely N-dealkylation sites (tertiary alicyclic amines) is 1. The molecule has 1 fully saturated rings. The molecule has 0 aliphatic carbocycles. The van der Waals surface area contributed by atoms with Gasteiger partial charge in [-0.05, 0) is 24.6 Å². The number of nitrogens with zero attached hydrogens (tertiary/aromatic N) is 5. The van der Waals surface area contributed by atoms with Crippen LogP contribution in [0.25, 0.3) is 11.2 Å². The number of carbonyl (C=O) groups excluding carboxylic acids is 1. The van der Waals surface area contributed by atoms with Crippen LogP contribution in [0.4, 0.5) is 0 Å². The van der Waals surface area contributed by atoms with Crippen LogP contribution in [0.15, 0.2) is 30.6 Å². The first-order valence-corrected chi connectivity index (χ1v) is 9.55. The van der Waals surface area contributed by atoms with E-state index in [0.29, 0.717) is 43.2 Å². The molecule has 0 bridgehead atoms. The van der Waals surface area contributed by atoms with E-state index < -0.39 is 0 Å². The van der Waals surface area contributed by atoms with Crippen molar-refractivity contribution < 1.29 is 14.3 Å². The topological polar surface area (TPSA) is 108 Å². The van der Waals surface area contributed by atoms with E-state index in [2.05, 4.69) is 9.97 Å². The zero-order valence-electron chi connectivity index (χ0n) is 16.5. The third-order valence-electron chi connectivity index (χ3n) is 5.23. The largest absolute Gasteiger partial charge is 0.497 e. The van der Waals surface area contributed by atoms with Crippen molar-refractivity contribution in [1.82, 2.24) is 24.6 Å². The van der Waals surface area contributed by atoms with Crippen LogP contribution >= 0.6 is 0 Å². The van der Waals surface area contributed by atoms with Crippen LogP contribution in [-0.2, 0) is 6.54 Å². The number of nitrogens with two attached hydrogens (primary N) is 1. The summed E-state index contributed by atoms with van der Waals surface area (Å²) in [7, 11) is 3.13. The van der Waals surface area contributed by atoms with Crippen LogP contribution < -0.4 is 15.2 Å². The van der Waals surface area contributed by atoms with Gasteiger partial charge in [0.25, 0.3) is 5.91 Å². The number of carbonyl (C=O) groups is 1. The molecule has 0 saturated carbocycles. The predicted octanol–water partition coefficient (Wildman–Crippen LogP) is 1.43. The molecule has 0 radical (unpaired) electrons. The molecule has 2 aromatic heterocycles. The van der Waals surface area contributed by atoms with E-state index in [1.807, 2.05) is 4.90 Å². The third-order valence-corrected chi connectivity index (χ3v) is 5.23. The van der Waals surface area contributed by atoms with Gasteiger partial charge in [-0.25, -0.2) is 14.6 Å². The molecule has 1 aliphatic rings. The van der Waals surface area contributed by atoms with Crippen LogP contribution in [0.1, 0.15) is 28.4 Å².